The van der Waals surface area contributed by atoms with Crippen molar-refractivity contribution in [1.29, 1.82) is 0 Å². The number of aryl methyl sites for hydroxylation is 2. The summed E-state index contributed by atoms with van der Waals surface area (Å²) in [6.45, 7) is 3.87. The minimum absolute atomic E-state index is 0.0933. The lowest BCUT2D eigenvalue weighted by atomic mass is 9.79. The van der Waals surface area contributed by atoms with Crippen LogP contribution in [0, 0.1) is 25.7 Å². The molecule has 6 nitrogen and oxygen atoms in total. The molecule has 0 amide bonds. The number of methoxy groups -OCH3 is 1. The van der Waals surface area contributed by atoms with Crippen LogP contribution in [0.1, 0.15) is 36.8 Å². The van der Waals surface area contributed by atoms with Crippen molar-refractivity contribution in [3.8, 4) is 5.75 Å². The van der Waals surface area contributed by atoms with Gasteiger partial charge in [0.25, 0.3) is 0 Å². The van der Waals surface area contributed by atoms with E-state index in [9.17, 15) is 18.3 Å². The molecule has 0 heterocycles. The minimum Gasteiger partial charge on any atom is -0.495 e. The standard InChI is InChI=1S/C17H25NO5S/c1-11-8-15(23-3)16(9-12(11)2)24(21,22)18-10-13-6-4-5-7-14(13)17(19)20/h8-9,13-14,18H,4-7,10H2,1-3H3,(H,19,20)/t13-,14-/m0/s1. The van der Waals surface area contributed by atoms with Gasteiger partial charge in [0.2, 0.25) is 10.0 Å². The lowest BCUT2D eigenvalue weighted by Crippen LogP contribution is -2.37. The summed E-state index contributed by atoms with van der Waals surface area (Å²) < 4.78 is 33.1. The van der Waals surface area contributed by atoms with E-state index in [0.29, 0.717) is 12.2 Å². The summed E-state index contributed by atoms with van der Waals surface area (Å²) in [5.74, 6) is -1.21. The number of carboxylic acids is 1. The van der Waals surface area contributed by atoms with Gasteiger partial charge in [0, 0.05) is 6.54 Å². The number of rotatable bonds is 6. The average Bonchev–Trinajstić information content (AvgIpc) is 2.55. The predicted molar refractivity (Wildman–Crippen MR) is 90.7 cm³/mol. The first kappa shape index (κ1) is 18.7. The maximum atomic E-state index is 12.7. The van der Waals surface area contributed by atoms with Crippen molar-refractivity contribution in [3.05, 3.63) is 23.3 Å². The van der Waals surface area contributed by atoms with Gasteiger partial charge in [-0.3, -0.25) is 4.79 Å². The van der Waals surface area contributed by atoms with Crippen molar-refractivity contribution in [1.82, 2.24) is 4.72 Å². The van der Waals surface area contributed by atoms with Gasteiger partial charge in [-0.1, -0.05) is 12.8 Å². The molecule has 1 aromatic carbocycles. The summed E-state index contributed by atoms with van der Waals surface area (Å²) in [7, 11) is -2.32. The predicted octanol–water partition coefficient (Wildman–Crippen LogP) is 2.48. The normalized spacial score (nSPS) is 21.5. The number of carboxylic acid groups (broad SMARTS) is 1. The minimum atomic E-state index is -3.76. The summed E-state index contributed by atoms with van der Waals surface area (Å²) in [5.41, 5.74) is 1.81. The number of nitrogens with one attached hydrogen (secondary N) is 1. The molecule has 0 spiro atoms. The molecule has 0 radical (unpaired) electrons. The highest BCUT2D eigenvalue weighted by Crippen LogP contribution is 2.31. The molecule has 2 N–H and O–H groups in total. The van der Waals surface area contributed by atoms with E-state index in [1.807, 2.05) is 13.8 Å². The van der Waals surface area contributed by atoms with Crippen molar-refractivity contribution < 1.29 is 23.1 Å². The Hall–Kier alpha value is -1.60. The van der Waals surface area contributed by atoms with Crippen LogP contribution in [0.4, 0.5) is 0 Å². The van der Waals surface area contributed by atoms with Crippen LogP contribution in [0.2, 0.25) is 0 Å². The van der Waals surface area contributed by atoms with Crippen molar-refractivity contribution in [3.63, 3.8) is 0 Å². The Labute approximate surface area is 143 Å². The fraction of sp³-hybridized carbons (Fsp3) is 0.588. The number of hydrogen-bond acceptors (Lipinski definition) is 4. The van der Waals surface area contributed by atoms with Gasteiger partial charge in [0.1, 0.15) is 10.6 Å². The van der Waals surface area contributed by atoms with E-state index in [0.717, 1.165) is 30.4 Å². The zero-order valence-electron chi connectivity index (χ0n) is 14.3. The monoisotopic (exact) mass is 355 g/mol. The van der Waals surface area contributed by atoms with Crippen LogP contribution in [0.25, 0.3) is 0 Å². The third-order valence-electron chi connectivity index (χ3n) is 4.83. The Balaban J connectivity index is 2.19. The zero-order chi connectivity index (χ0) is 17.9. The molecule has 0 aliphatic heterocycles. The third-order valence-corrected chi connectivity index (χ3v) is 6.28. The van der Waals surface area contributed by atoms with E-state index in [1.165, 1.54) is 7.11 Å². The quantitative estimate of drug-likeness (QED) is 0.818. The van der Waals surface area contributed by atoms with Gasteiger partial charge in [-0.2, -0.15) is 0 Å². The van der Waals surface area contributed by atoms with Crippen LogP contribution in [-0.4, -0.2) is 33.1 Å². The van der Waals surface area contributed by atoms with Crippen molar-refractivity contribution >= 4 is 16.0 Å². The summed E-state index contributed by atoms with van der Waals surface area (Å²) in [6, 6.07) is 3.29. The van der Waals surface area contributed by atoms with Crippen LogP contribution >= 0.6 is 0 Å². The molecule has 0 unspecified atom stereocenters. The first-order chi connectivity index (χ1) is 11.3. The smallest absolute Gasteiger partial charge is 0.306 e. The fourth-order valence-corrected chi connectivity index (χ4v) is 4.53. The van der Waals surface area contributed by atoms with E-state index >= 15 is 0 Å². The molecule has 2 rings (SSSR count). The molecule has 0 saturated heterocycles. The first-order valence-electron chi connectivity index (χ1n) is 8.14. The Morgan fingerprint density at radius 2 is 1.88 bits per heavy atom. The molecule has 1 aliphatic carbocycles. The molecule has 0 bridgehead atoms. The van der Waals surface area contributed by atoms with E-state index in [4.69, 9.17) is 4.74 Å². The van der Waals surface area contributed by atoms with Crippen LogP contribution in [0.5, 0.6) is 5.75 Å². The molecule has 7 heteroatoms. The molecule has 0 aromatic heterocycles. The second-order valence-corrected chi connectivity index (χ2v) is 8.16. The van der Waals surface area contributed by atoms with Crippen LogP contribution in [-0.2, 0) is 14.8 Å². The van der Waals surface area contributed by atoms with Crippen molar-refractivity contribution in [2.75, 3.05) is 13.7 Å². The van der Waals surface area contributed by atoms with E-state index in [1.54, 1.807) is 12.1 Å². The second-order valence-electron chi connectivity index (χ2n) is 6.43. The Morgan fingerprint density at radius 1 is 1.25 bits per heavy atom. The molecule has 2 atom stereocenters. The molecule has 1 saturated carbocycles. The average molecular weight is 355 g/mol. The van der Waals surface area contributed by atoms with Gasteiger partial charge in [-0.05, 0) is 55.9 Å². The molecule has 1 aliphatic rings. The number of ether oxygens (including phenoxy) is 1. The number of hydrogen-bond donors (Lipinski definition) is 2. The molecule has 1 aromatic rings. The van der Waals surface area contributed by atoms with Crippen LogP contribution < -0.4 is 9.46 Å². The van der Waals surface area contributed by atoms with E-state index in [2.05, 4.69) is 4.72 Å². The van der Waals surface area contributed by atoms with Gasteiger partial charge in [0.05, 0.1) is 13.0 Å². The highest BCUT2D eigenvalue weighted by molar-refractivity contribution is 7.89. The van der Waals surface area contributed by atoms with Gasteiger partial charge < -0.3 is 9.84 Å². The van der Waals surface area contributed by atoms with Gasteiger partial charge in [-0.15, -0.1) is 0 Å². The maximum Gasteiger partial charge on any atom is 0.306 e. The van der Waals surface area contributed by atoms with Gasteiger partial charge in [0.15, 0.2) is 0 Å². The van der Waals surface area contributed by atoms with E-state index in [-0.39, 0.29) is 17.4 Å². The SMILES string of the molecule is COc1cc(C)c(C)cc1S(=O)(=O)NC[C@@H]1CCCC[C@@H]1C(=O)O. The Bertz CT molecular complexity index is 714. The van der Waals surface area contributed by atoms with Gasteiger partial charge >= 0.3 is 5.97 Å². The first-order valence-corrected chi connectivity index (χ1v) is 9.62. The second kappa shape index (κ2) is 7.53. The van der Waals surface area contributed by atoms with Gasteiger partial charge in [-0.25, -0.2) is 13.1 Å². The zero-order valence-corrected chi connectivity index (χ0v) is 15.1. The van der Waals surface area contributed by atoms with Crippen LogP contribution in [0.15, 0.2) is 17.0 Å². The number of carbonyl (C=O) groups is 1. The molecular formula is C17H25NO5S. The fourth-order valence-electron chi connectivity index (χ4n) is 3.20. The van der Waals surface area contributed by atoms with Crippen molar-refractivity contribution in [2.24, 2.45) is 11.8 Å². The highest BCUT2D eigenvalue weighted by atomic mass is 32.2. The largest absolute Gasteiger partial charge is 0.495 e. The van der Waals surface area contributed by atoms with Crippen molar-refractivity contribution in [2.45, 2.75) is 44.4 Å². The maximum absolute atomic E-state index is 12.7. The van der Waals surface area contributed by atoms with E-state index < -0.39 is 21.9 Å². The lowest BCUT2D eigenvalue weighted by Gasteiger charge is -2.28. The topological polar surface area (TPSA) is 92.7 Å². The Kier molecular flexibility index (Phi) is 5.87. The number of sulfonamides is 1. The molecule has 134 valence electrons. The molecular weight excluding hydrogens is 330 g/mol. The Morgan fingerprint density at radius 3 is 2.50 bits per heavy atom. The summed E-state index contributed by atoms with van der Waals surface area (Å²) in [5, 5.41) is 9.31. The lowest BCUT2D eigenvalue weighted by molar-refractivity contribution is -0.144. The number of aliphatic carboxylic acids is 1. The highest BCUT2D eigenvalue weighted by Gasteiger charge is 2.32. The van der Waals surface area contributed by atoms with Crippen LogP contribution in [0.3, 0.4) is 0 Å². The summed E-state index contributed by atoms with van der Waals surface area (Å²) in [6.07, 6.45) is 3.15. The summed E-state index contributed by atoms with van der Waals surface area (Å²) in [4.78, 5) is 11.4. The molecule has 24 heavy (non-hydrogen) atoms. The number of benzene rings is 1. The summed E-state index contributed by atoms with van der Waals surface area (Å²) >= 11 is 0. The third kappa shape index (κ3) is 4.08. The molecule has 1 fully saturated rings.